The number of carbonyl (C=O) groups is 1. The highest BCUT2D eigenvalue weighted by Gasteiger charge is 2.25. The second-order valence-electron chi connectivity index (χ2n) is 3.99. The first kappa shape index (κ1) is 13.2. The summed E-state index contributed by atoms with van der Waals surface area (Å²) in [5.41, 5.74) is -1.02. The summed E-state index contributed by atoms with van der Waals surface area (Å²) in [4.78, 5) is 11.1. The molecule has 0 aliphatic carbocycles. The molecule has 0 aromatic carbocycles. The Morgan fingerprint density at radius 3 is 2.29 bits per heavy atom. The van der Waals surface area contributed by atoms with Crippen molar-refractivity contribution in [3.05, 3.63) is 0 Å². The van der Waals surface area contributed by atoms with Gasteiger partial charge in [-0.1, -0.05) is 13.8 Å². The van der Waals surface area contributed by atoms with Gasteiger partial charge in [0.2, 0.25) is 0 Å². The van der Waals surface area contributed by atoms with Crippen LogP contribution in [-0.2, 0) is 4.74 Å². The van der Waals surface area contributed by atoms with Gasteiger partial charge in [0.05, 0.1) is 25.4 Å². The Balaban J connectivity index is 3.92. The van der Waals surface area contributed by atoms with Crippen molar-refractivity contribution in [3.8, 4) is 0 Å². The van der Waals surface area contributed by atoms with E-state index in [4.69, 9.17) is 14.9 Å². The van der Waals surface area contributed by atoms with Gasteiger partial charge in [-0.05, 0) is 12.8 Å². The molecule has 84 valence electrons. The molecule has 14 heavy (non-hydrogen) atoms. The topological polar surface area (TPSA) is 78.8 Å². The maximum absolute atomic E-state index is 11.1. The molecule has 0 aromatic rings. The van der Waals surface area contributed by atoms with Crippen molar-refractivity contribution in [2.24, 2.45) is 5.92 Å². The lowest BCUT2D eigenvalue weighted by Gasteiger charge is -2.25. The standard InChI is InChI=1S/C9H19NO4/c1-7(2)4-14-8(13)10-9(3,5-11)6-12/h7,11-12H,4-6H2,1-3H3,(H,10,13). The maximum Gasteiger partial charge on any atom is 0.407 e. The van der Waals surface area contributed by atoms with Gasteiger partial charge in [0, 0.05) is 0 Å². The van der Waals surface area contributed by atoms with Gasteiger partial charge in [-0.3, -0.25) is 0 Å². The van der Waals surface area contributed by atoms with Crippen LogP contribution in [0.2, 0.25) is 0 Å². The minimum absolute atomic E-state index is 0.259. The molecule has 3 N–H and O–H groups in total. The largest absolute Gasteiger partial charge is 0.449 e. The monoisotopic (exact) mass is 205 g/mol. The number of hydrogen-bond donors (Lipinski definition) is 3. The zero-order chi connectivity index (χ0) is 11.2. The van der Waals surface area contributed by atoms with Crippen LogP contribution in [0.15, 0.2) is 0 Å². The van der Waals surface area contributed by atoms with Crippen molar-refractivity contribution in [1.29, 1.82) is 0 Å². The number of aliphatic hydroxyl groups excluding tert-OH is 2. The number of rotatable bonds is 5. The van der Waals surface area contributed by atoms with Crippen molar-refractivity contribution in [3.63, 3.8) is 0 Å². The van der Waals surface area contributed by atoms with E-state index >= 15 is 0 Å². The molecule has 0 aliphatic heterocycles. The number of amides is 1. The van der Waals surface area contributed by atoms with E-state index in [1.165, 1.54) is 6.92 Å². The molecule has 0 saturated carbocycles. The number of nitrogens with one attached hydrogen (secondary N) is 1. The van der Waals surface area contributed by atoms with E-state index in [2.05, 4.69) is 5.32 Å². The van der Waals surface area contributed by atoms with Crippen molar-refractivity contribution in [2.75, 3.05) is 19.8 Å². The number of alkyl carbamates (subject to hydrolysis) is 1. The fraction of sp³-hybridized carbons (Fsp3) is 0.889. The smallest absolute Gasteiger partial charge is 0.407 e. The van der Waals surface area contributed by atoms with Crippen LogP contribution in [0.25, 0.3) is 0 Å². The van der Waals surface area contributed by atoms with E-state index in [-0.39, 0.29) is 19.1 Å². The molecule has 0 spiro atoms. The average molecular weight is 205 g/mol. The van der Waals surface area contributed by atoms with Crippen LogP contribution < -0.4 is 5.32 Å². The molecule has 0 fully saturated rings. The summed E-state index contributed by atoms with van der Waals surface area (Å²) >= 11 is 0. The van der Waals surface area contributed by atoms with Crippen molar-refractivity contribution >= 4 is 6.09 Å². The molecular weight excluding hydrogens is 186 g/mol. The summed E-state index contributed by atoms with van der Waals surface area (Å²) in [7, 11) is 0. The normalized spacial score (nSPS) is 11.6. The minimum atomic E-state index is -1.02. The third-order valence-electron chi connectivity index (χ3n) is 1.65. The third kappa shape index (κ3) is 5.04. The SMILES string of the molecule is CC(C)COC(=O)NC(C)(CO)CO. The average Bonchev–Trinajstić information content (AvgIpc) is 2.14. The Morgan fingerprint density at radius 1 is 1.43 bits per heavy atom. The molecule has 5 heteroatoms. The van der Waals surface area contributed by atoms with Crippen molar-refractivity contribution in [1.82, 2.24) is 5.32 Å². The lowest BCUT2D eigenvalue weighted by atomic mass is 10.1. The second-order valence-corrected chi connectivity index (χ2v) is 3.99. The molecule has 0 saturated heterocycles. The summed E-state index contributed by atoms with van der Waals surface area (Å²) < 4.78 is 4.83. The third-order valence-corrected chi connectivity index (χ3v) is 1.65. The molecule has 0 heterocycles. The Hall–Kier alpha value is -0.810. The summed E-state index contributed by atoms with van der Waals surface area (Å²) in [5, 5.41) is 20.1. The van der Waals surface area contributed by atoms with Crippen LogP contribution in [0.4, 0.5) is 4.79 Å². The molecule has 0 aromatic heterocycles. The van der Waals surface area contributed by atoms with Gasteiger partial charge in [0.15, 0.2) is 0 Å². The van der Waals surface area contributed by atoms with Crippen LogP contribution in [-0.4, -0.2) is 41.7 Å². The predicted molar refractivity (Wildman–Crippen MR) is 51.9 cm³/mol. The maximum atomic E-state index is 11.1. The number of ether oxygens (including phenoxy) is 1. The van der Waals surface area contributed by atoms with Gasteiger partial charge in [0.1, 0.15) is 0 Å². The molecule has 0 radical (unpaired) electrons. The van der Waals surface area contributed by atoms with Gasteiger partial charge >= 0.3 is 6.09 Å². The zero-order valence-electron chi connectivity index (χ0n) is 8.91. The van der Waals surface area contributed by atoms with Crippen LogP contribution in [0.1, 0.15) is 20.8 Å². The van der Waals surface area contributed by atoms with Crippen LogP contribution >= 0.6 is 0 Å². The van der Waals surface area contributed by atoms with E-state index in [9.17, 15) is 4.79 Å². The predicted octanol–water partition coefficient (Wildman–Crippen LogP) is 0.112. The minimum Gasteiger partial charge on any atom is -0.449 e. The summed E-state index contributed by atoms with van der Waals surface area (Å²) in [6.45, 7) is 5.03. The Bertz CT molecular complexity index is 178. The number of aliphatic hydroxyl groups is 2. The lowest BCUT2D eigenvalue weighted by molar-refractivity contribution is 0.0798. The molecule has 0 rings (SSSR count). The van der Waals surface area contributed by atoms with Crippen LogP contribution in [0, 0.1) is 5.92 Å². The number of hydrogen-bond acceptors (Lipinski definition) is 4. The quantitative estimate of drug-likeness (QED) is 0.595. The van der Waals surface area contributed by atoms with Crippen LogP contribution in [0.3, 0.4) is 0 Å². The Labute approximate surface area is 84.1 Å². The fourth-order valence-corrected chi connectivity index (χ4v) is 0.654. The van der Waals surface area contributed by atoms with Gasteiger partial charge in [0.25, 0.3) is 0 Å². The van der Waals surface area contributed by atoms with Crippen molar-refractivity contribution in [2.45, 2.75) is 26.3 Å². The van der Waals surface area contributed by atoms with Gasteiger partial charge in [-0.25, -0.2) is 4.79 Å². The summed E-state index contributed by atoms with van der Waals surface area (Å²) in [5.74, 6) is 0.259. The fourth-order valence-electron chi connectivity index (χ4n) is 0.654. The Morgan fingerprint density at radius 2 is 1.93 bits per heavy atom. The molecule has 1 amide bonds. The van der Waals surface area contributed by atoms with E-state index in [0.717, 1.165) is 0 Å². The van der Waals surface area contributed by atoms with Gasteiger partial charge in [-0.15, -0.1) is 0 Å². The van der Waals surface area contributed by atoms with Gasteiger partial charge < -0.3 is 20.3 Å². The first-order chi connectivity index (χ1) is 6.43. The van der Waals surface area contributed by atoms with E-state index in [1.807, 2.05) is 13.8 Å². The van der Waals surface area contributed by atoms with E-state index < -0.39 is 11.6 Å². The molecule has 0 atom stereocenters. The number of carbonyl (C=O) groups excluding carboxylic acids is 1. The molecular formula is C9H19NO4. The molecule has 0 bridgehead atoms. The Kier molecular flexibility index (Phi) is 5.49. The second kappa shape index (κ2) is 5.82. The highest BCUT2D eigenvalue weighted by atomic mass is 16.5. The van der Waals surface area contributed by atoms with Crippen molar-refractivity contribution < 1.29 is 19.7 Å². The first-order valence-corrected chi connectivity index (χ1v) is 4.60. The zero-order valence-corrected chi connectivity index (χ0v) is 8.91. The van der Waals surface area contributed by atoms with E-state index in [1.54, 1.807) is 0 Å². The highest BCUT2D eigenvalue weighted by molar-refractivity contribution is 5.68. The lowest BCUT2D eigenvalue weighted by Crippen LogP contribution is -2.52. The first-order valence-electron chi connectivity index (χ1n) is 4.60. The summed E-state index contributed by atoms with van der Waals surface area (Å²) in [6, 6.07) is 0. The van der Waals surface area contributed by atoms with Crippen LogP contribution in [0.5, 0.6) is 0 Å². The molecule has 5 nitrogen and oxygen atoms in total. The van der Waals surface area contributed by atoms with E-state index in [0.29, 0.717) is 6.61 Å². The summed E-state index contributed by atoms with van der Waals surface area (Å²) in [6.07, 6.45) is -0.621. The highest BCUT2D eigenvalue weighted by Crippen LogP contribution is 2.01. The molecule has 0 aliphatic rings. The van der Waals surface area contributed by atoms with Gasteiger partial charge in [-0.2, -0.15) is 0 Å². The molecule has 0 unspecified atom stereocenters.